The van der Waals surface area contributed by atoms with Crippen molar-refractivity contribution >= 4 is 43.7 Å². The van der Waals surface area contributed by atoms with Gasteiger partial charge in [0.25, 0.3) is 5.69 Å². The summed E-state index contributed by atoms with van der Waals surface area (Å²) in [5.41, 5.74) is 7.98. The molecule has 0 unspecified atom stereocenters. The van der Waals surface area contributed by atoms with E-state index in [0.717, 1.165) is 16.8 Å². The zero-order chi connectivity index (χ0) is 54.0. The largest absolute Gasteiger partial charge is 0.378 e. The molecule has 0 saturated carbocycles. The Morgan fingerprint density at radius 2 is 0.600 bits per heavy atom. The highest BCUT2D eigenvalue weighted by Gasteiger charge is 2.55. The summed E-state index contributed by atoms with van der Waals surface area (Å²) in [6.45, 7) is 58.7. The van der Waals surface area contributed by atoms with E-state index >= 15 is 0 Å². The van der Waals surface area contributed by atoms with Crippen molar-refractivity contribution in [3.8, 4) is 47.4 Å². The summed E-state index contributed by atoms with van der Waals surface area (Å²) in [6, 6.07) is 15.5. The maximum absolute atomic E-state index is 11.7. The molecule has 0 radical (unpaired) electrons. The quantitative estimate of drug-likeness (QED) is 0.0647. The predicted octanol–water partition coefficient (Wildman–Crippen LogP) is 18.5. The summed E-state index contributed by atoms with van der Waals surface area (Å²) in [7, 11) is -5.67. The van der Waals surface area contributed by atoms with Gasteiger partial charge in [-0.05, 0) is 136 Å². The standard InChI is InChI=1S/C62H98N2O2Si4/c1-43(2)67(44(3)4,45(5)6)59(61(69(49(13)14,50(15)16)51(17)18)41-35-55-31-37-57(38-32-55)63(25)26)29-27-28-30-60(68(46(7)8,47(9)10)48(11)12)62(70(52(19)20,53(21)22)54(23)24)42-36-56-33-39-58(40-34-56)64(65)66/h31-34,37-40,43-54H,1-26H3/b61-59+,62-60+. The van der Waals surface area contributed by atoms with Crippen molar-refractivity contribution in [3.63, 3.8) is 0 Å². The van der Waals surface area contributed by atoms with Gasteiger partial charge in [-0.25, -0.2) is 0 Å². The van der Waals surface area contributed by atoms with Gasteiger partial charge in [0.1, 0.15) is 32.3 Å². The van der Waals surface area contributed by atoms with Gasteiger partial charge in [-0.1, -0.05) is 202 Å². The van der Waals surface area contributed by atoms with Crippen molar-refractivity contribution in [3.05, 3.63) is 90.6 Å². The van der Waals surface area contributed by atoms with Gasteiger partial charge in [0, 0.05) is 43.0 Å². The van der Waals surface area contributed by atoms with Gasteiger partial charge in [0.15, 0.2) is 0 Å². The van der Waals surface area contributed by atoms with Gasteiger partial charge in [-0.15, -0.1) is 0 Å². The van der Waals surface area contributed by atoms with Crippen molar-refractivity contribution < 1.29 is 4.92 Å². The summed E-state index contributed by atoms with van der Waals surface area (Å²) >= 11 is 0. The average molecular weight is 1020 g/mol. The van der Waals surface area contributed by atoms with Crippen molar-refractivity contribution in [2.45, 2.75) is 233 Å². The van der Waals surface area contributed by atoms with E-state index in [1.54, 1.807) is 24.3 Å². The zero-order valence-electron chi connectivity index (χ0n) is 49.3. The molecular weight excluding hydrogens is 917 g/mol. The van der Waals surface area contributed by atoms with E-state index in [-0.39, 0.29) is 10.6 Å². The van der Waals surface area contributed by atoms with E-state index in [1.807, 2.05) is 0 Å². The highest BCUT2D eigenvalue weighted by Crippen LogP contribution is 2.55. The molecule has 0 aliphatic heterocycles. The summed E-state index contributed by atoms with van der Waals surface area (Å²) in [5.74, 6) is 31.1. The fraction of sp³-hybridized carbons (Fsp3) is 0.613. The van der Waals surface area contributed by atoms with Crippen LogP contribution in [0.1, 0.15) is 177 Å². The number of benzene rings is 2. The molecule has 0 amide bonds. The van der Waals surface area contributed by atoms with Crippen molar-refractivity contribution in [1.29, 1.82) is 0 Å². The van der Waals surface area contributed by atoms with Crippen LogP contribution in [0.3, 0.4) is 0 Å². The Morgan fingerprint density at radius 1 is 0.386 bits per heavy atom. The number of non-ortho nitro benzene ring substituents is 1. The normalized spacial score (nSPS) is 13.5. The van der Waals surface area contributed by atoms with Crippen LogP contribution in [0.5, 0.6) is 0 Å². The van der Waals surface area contributed by atoms with Crippen molar-refractivity contribution in [2.75, 3.05) is 19.0 Å². The van der Waals surface area contributed by atoms with Gasteiger partial charge in [-0.2, -0.15) is 0 Å². The molecule has 8 heteroatoms. The number of allylic oxidation sites excluding steroid dienone is 4. The molecule has 0 aromatic heterocycles. The lowest BCUT2D eigenvalue weighted by Gasteiger charge is -2.49. The van der Waals surface area contributed by atoms with Crippen LogP contribution in [0.4, 0.5) is 11.4 Å². The molecule has 384 valence electrons. The highest BCUT2D eigenvalue weighted by molar-refractivity contribution is 6.98. The number of anilines is 1. The number of nitro groups is 1. The average Bonchev–Trinajstić information content (AvgIpc) is 3.23. The Balaban J connectivity index is 3.75. The monoisotopic (exact) mass is 1010 g/mol. The van der Waals surface area contributed by atoms with Crippen molar-refractivity contribution in [2.24, 2.45) is 0 Å². The first-order valence-corrected chi connectivity index (χ1v) is 35.8. The van der Waals surface area contributed by atoms with Gasteiger partial charge < -0.3 is 4.90 Å². The van der Waals surface area contributed by atoms with Crippen LogP contribution in [0, 0.1) is 57.5 Å². The lowest BCUT2D eigenvalue weighted by Crippen LogP contribution is -2.53. The number of hydrogen-bond donors (Lipinski definition) is 0. The van der Waals surface area contributed by atoms with E-state index in [9.17, 15) is 10.1 Å². The molecule has 4 nitrogen and oxygen atoms in total. The second-order valence-corrected chi connectivity index (χ2v) is 47.7. The molecular formula is C62H98N2O2Si4. The summed E-state index contributed by atoms with van der Waals surface area (Å²) < 4.78 is 0. The number of nitro benzene ring substituents is 1. The first kappa shape index (κ1) is 62.3. The molecule has 0 aliphatic carbocycles. The van der Waals surface area contributed by atoms with E-state index in [0.29, 0.717) is 66.5 Å². The number of hydrogen-bond acceptors (Lipinski definition) is 3. The second kappa shape index (κ2) is 25.7. The summed E-state index contributed by atoms with van der Waals surface area (Å²) in [5, 5.41) is 17.0. The second-order valence-electron chi connectivity index (χ2n) is 24.3. The van der Waals surface area contributed by atoms with Crippen LogP contribution in [-0.2, 0) is 0 Å². The third-order valence-electron chi connectivity index (χ3n) is 17.3. The Hall–Kier alpha value is -3.77. The molecule has 0 aliphatic rings. The lowest BCUT2D eigenvalue weighted by molar-refractivity contribution is -0.384. The molecule has 0 fully saturated rings. The molecule has 0 heterocycles. The van der Waals surface area contributed by atoms with E-state index in [4.69, 9.17) is 0 Å². The number of rotatable bonds is 18. The first-order chi connectivity index (χ1) is 32.3. The van der Waals surface area contributed by atoms with E-state index in [1.165, 1.54) is 20.8 Å². The molecule has 0 atom stereocenters. The Morgan fingerprint density at radius 3 is 0.800 bits per heavy atom. The van der Waals surface area contributed by atoms with Crippen LogP contribution in [-0.4, -0.2) is 51.3 Å². The topological polar surface area (TPSA) is 46.4 Å². The molecule has 0 spiro atoms. The highest BCUT2D eigenvalue weighted by atomic mass is 28.3. The maximum Gasteiger partial charge on any atom is 0.269 e. The van der Waals surface area contributed by atoms with E-state index in [2.05, 4.69) is 257 Å². The maximum atomic E-state index is 11.7. The Kier molecular flexibility index (Phi) is 22.9. The van der Waals surface area contributed by atoms with Crippen molar-refractivity contribution in [1.82, 2.24) is 0 Å². The SMILES string of the molecule is CC(C)[Si](/C(C#CC#C/C(=C(/C#Cc1ccc([N+](=O)[O-])cc1)[Si](C(C)C)(C(C)C)C(C)C)[Si](C(C)C)(C(C)C)C(C)C)=C(\C#Cc1ccc(N(C)C)cc1)[Si](C(C)C)(C(C)C)C(C)C)(C(C)C)C(C)C. The molecule has 0 N–H and O–H groups in total. The molecule has 0 saturated heterocycles. The first-order valence-electron chi connectivity index (χ1n) is 26.9. The van der Waals surface area contributed by atoms with Crippen LogP contribution in [0.15, 0.2) is 69.3 Å². The minimum atomic E-state index is -2.50. The Bertz CT molecular complexity index is 2310. The smallest absolute Gasteiger partial charge is 0.269 e. The van der Waals surface area contributed by atoms with Crippen LogP contribution in [0.25, 0.3) is 0 Å². The van der Waals surface area contributed by atoms with E-state index < -0.39 is 32.3 Å². The minimum Gasteiger partial charge on any atom is -0.378 e. The molecule has 2 aromatic rings. The zero-order valence-corrected chi connectivity index (χ0v) is 53.3. The molecule has 0 bridgehead atoms. The fourth-order valence-corrected chi connectivity index (χ4v) is 43.6. The number of nitrogens with zero attached hydrogens (tertiary/aromatic N) is 2. The van der Waals surface area contributed by atoms with Crippen LogP contribution in [0.2, 0.25) is 66.5 Å². The van der Waals surface area contributed by atoms with Gasteiger partial charge >= 0.3 is 0 Å². The predicted molar refractivity (Wildman–Crippen MR) is 321 cm³/mol. The molecule has 2 aromatic carbocycles. The Labute approximate surface area is 435 Å². The third kappa shape index (κ3) is 12.2. The van der Waals surface area contributed by atoms with Gasteiger partial charge in [0.2, 0.25) is 0 Å². The minimum absolute atomic E-state index is 0.0725. The summed E-state index contributed by atoms with van der Waals surface area (Å²) in [6.07, 6.45) is 0. The summed E-state index contributed by atoms with van der Waals surface area (Å²) in [4.78, 5) is 13.5. The lowest BCUT2D eigenvalue weighted by atomic mass is 10.2. The van der Waals surface area contributed by atoms with Gasteiger partial charge in [0.05, 0.1) is 4.92 Å². The molecule has 70 heavy (non-hydrogen) atoms. The fourth-order valence-electron chi connectivity index (χ4n) is 15.0. The van der Waals surface area contributed by atoms with Crippen LogP contribution >= 0.6 is 0 Å². The van der Waals surface area contributed by atoms with Gasteiger partial charge in [-0.3, -0.25) is 10.1 Å². The third-order valence-corrected chi connectivity index (χ3v) is 45.7. The van der Waals surface area contributed by atoms with Crippen LogP contribution < -0.4 is 4.90 Å². The molecule has 2 rings (SSSR count).